The lowest BCUT2D eigenvalue weighted by atomic mass is 9.96. The second kappa shape index (κ2) is 10.8. The first kappa shape index (κ1) is 23.3. The molecular formula is C28H28N2O4. The molecule has 0 aliphatic rings. The molecule has 2 N–H and O–H groups in total. The highest BCUT2D eigenvalue weighted by Gasteiger charge is 2.20. The molecule has 1 heterocycles. The lowest BCUT2D eigenvalue weighted by Gasteiger charge is -2.23. The number of anilines is 1. The van der Waals surface area contributed by atoms with Gasteiger partial charge in [-0.3, -0.25) is 0 Å². The van der Waals surface area contributed by atoms with E-state index in [0.29, 0.717) is 24.3 Å². The van der Waals surface area contributed by atoms with Crippen LogP contribution < -0.4 is 5.32 Å². The summed E-state index contributed by atoms with van der Waals surface area (Å²) in [6.45, 7) is 4.98. The number of carbonyl (C=O) groups is 1. The van der Waals surface area contributed by atoms with Gasteiger partial charge in [0.25, 0.3) is 0 Å². The van der Waals surface area contributed by atoms with Gasteiger partial charge in [-0.1, -0.05) is 48.5 Å². The molecule has 6 nitrogen and oxygen atoms in total. The molecule has 1 unspecified atom stereocenters. The number of hydrogen-bond donors (Lipinski definition) is 2. The van der Waals surface area contributed by atoms with Gasteiger partial charge in [0.2, 0.25) is 0 Å². The number of hydrogen-bond acceptors (Lipinski definition) is 6. The normalized spacial score (nSPS) is 11.8. The van der Waals surface area contributed by atoms with Crippen molar-refractivity contribution in [2.75, 3.05) is 25.1 Å². The third-order valence-electron chi connectivity index (χ3n) is 5.55. The van der Waals surface area contributed by atoms with E-state index in [1.807, 2.05) is 80.6 Å². The zero-order valence-corrected chi connectivity index (χ0v) is 19.3. The third-order valence-corrected chi connectivity index (χ3v) is 5.55. The van der Waals surface area contributed by atoms with E-state index >= 15 is 0 Å². The number of aromatic hydroxyl groups is 1. The van der Waals surface area contributed by atoms with Crippen molar-refractivity contribution in [3.63, 3.8) is 0 Å². The van der Waals surface area contributed by atoms with Crippen LogP contribution >= 0.6 is 0 Å². The summed E-state index contributed by atoms with van der Waals surface area (Å²) in [6.07, 6.45) is 0. The van der Waals surface area contributed by atoms with Crippen molar-refractivity contribution in [2.45, 2.75) is 19.9 Å². The number of carbonyl (C=O) groups excluding carboxylic acids is 1. The van der Waals surface area contributed by atoms with Gasteiger partial charge in [-0.05, 0) is 49.7 Å². The van der Waals surface area contributed by atoms with Gasteiger partial charge in [-0.2, -0.15) is 0 Å². The Balaban J connectivity index is 1.61. The van der Waals surface area contributed by atoms with Crippen LogP contribution in [0.15, 0.2) is 78.9 Å². The smallest absolute Gasteiger partial charge is 0.338 e. The number of pyridine rings is 1. The molecule has 0 bridgehead atoms. The number of fused-ring (bicyclic) bond motifs is 1. The molecule has 0 saturated heterocycles. The average Bonchev–Trinajstić information content (AvgIpc) is 2.87. The molecule has 3 aromatic carbocycles. The van der Waals surface area contributed by atoms with Crippen LogP contribution in [0.1, 0.15) is 40.1 Å². The summed E-state index contributed by atoms with van der Waals surface area (Å²) in [5.74, 6) is -0.239. The number of benzene rings is 3. The van der Waals surface area contributed by atoms with Crippen LogP contribution in [0.5, 0.6) is 5.75 Å². The van der Waals surface area contributed by atoms with Crippen LogP contribution in [0.2, 0.25) is 0 Å². The number of phenols is 1. The Morgan fingerprint density at radius 1 is 0.971 bits per heavy atom. The summed E-state index contributed by atoms with van der Waals surface area (Å²) in [4.78, 5) is 16.8. The minimum atomic E-state index is -0.389. The molecule has 174 valence electrons. The Kier molecular flexibility index (Phi) is 7.40. The molecule has 0 spiro atoms. The Morgan fingerprint density at radius 3 is 2.44 bits per heavy atom. The second-order valence-electron chi connectivity index (χ2n) is 7.93. The van der Waals surface area contributed by atoms with Crippen LogP contribution in [0.25, 0.3) is 10.9 Å². The van der Waals surface area contributed by atoms with Gasteiger partial charge in [-0.25, -0.2) is 9.78 Å². The Bertz CT molecular complexity index is 1260. The molecule has 0 fully saturated rings. The van der Waals surface area contributed by atoms with Crippen LogP contribution in [-0.2, 0) is 9.47 Å². The molecule has 0 aliphatic carbocycles. The van der Waals surface area contributed by atoms with E-state index in [4.69, 9.17) is 9.47 Å². The number of rotatable bonds is 9. The van der Waals surface area contributed by atoms with E-state index in [0.717, 1.165) is 27.9 Å². The molecule has 34 heavy (non-hydrogen) atoms. The Labute approximate surface area is 199 Å². The molecule has 0 aliphatic heterocycles. The third kappa shape index (κ3) is 5.35. The van der Waals surface area contributed by atoms with Crippen molar-refractivity contribution in [2.24, 2.45) is 0 Å². The number of nitrogens with zero attached hydrogens (tertiary/aromatic N) is 1. The molecule has 1 aromatic heterocycles. The van der Waals surface area contributed by atoms with E-state index in [1.54, 1.807) is 12.1 Å². The maximum absolute atomic E-state index is 12.2. The zero-order chi connectivity index (χ0) is 23.9. The van der Waals surface area contributed by atoms with Crippen LogP contribution in [0.4, 0.5) is 5.69 Å². The van der Waals surface area contributed by atoms with Gasteiger partial charge in [0.15, 0.2) is 0 Å². The van der Waals surface area contributed by atoms with Crippen molar-refractivity contribution in [3.05, 3.63) is 101 Å². The van der Waals surface area contributed by atoms with Gasteiger partial charge >= 0.3 is 5.97 Å². The predicted octanol–water partition coefficient (Wildman–Crippen LogP) is 5.64. The monoisotopic (exact) mass is 456 g/mol. The number of aryl methyl sites for hydroxylation is 1. The van der Waals surface area contributed by atoms with E-state index in [9.17, 15) is 9.90 Å². The van der Waals surface area contributed by atoms with E-state index in [1.165, 1.54) is 0 Å². The molecular weight excluding hydrogens is 428 g/mol. The van der Waals surface area contributed by atoms with Crippen molar-refractivity contribution in [1.29, 1.82) is 0 Å². The minimum Gasteiger partial charge on any atom is -0.505 e. The fourth-order valence-electron chi connectivity index (χ4n) is 3.80. The maximum Gasteiger partial charge on any atom is 0.338 e. The van der Waals surface area contributed by atoms with Gasteiger partial charge < -0.3 is 19.9 Å². The van der Waals surface area contributed by atoms with Crippen molar-refractivity contribution in [1.82, 2.24) is 4.98 Å². The van der Waals surface area contributed by atoms with Crippen LogP contribution in [0, 0.1) is 6.92 Å². The fraction of sp³-hybridized carbons (Fsp3) is 0.214. The second-order valence-corrected chi connectivity index (χ2v) is 7.93. The molecule has 1 atom stereocenters. The molecule has 0 saturated carbocycles. The van der Waals surface area contributed by atoms with Crippen molar-refractivity contribution >= 4 is 22.6 Å². The molecule has 4 aromatic rings. The van der Waals surface area contributed by atoms with E-state index in [2.05, 4.69) is 10.3 Å². The number of esters is 1. The first-order valence-electron chi connectivity index (χ1n) is 11.3. The largest absolute Gasteiger partial charge is 0.505 e. The highest BCUT2D eigenvalue weighted by molar-refractivity contribution is 5.90. The molecule has 0 amide bonds. The van der Waals surface area contributed by atoms with Gasteiger partial charge in [0, 0.05) is 28.9 Å². The summed E-state index contributed by atoms with van der Waals surface area (Å²) < 4.78 is 10.4. The number of phenolic OH excluding ortho intramolecular Hbond substituents is 1. The lowest BCUT2D eigenvalue weighted by Crippen LogP contribution is -2.13. The minimum absolute atomic E-state index is 0.150. The highest BCUT2D eigenvalue weighted by Crippen LogP contribution is 2.36. The first-order chi connectivity index (χ1) is 16.6. The highest BCUT2D eigenvalue weighted by atomic mass is 16.6. The van der Waals surface area contributed by atoms with Crippen LogP contribution in [0.3, 0.4) is 0 Å². The summed E-state index contributed by atoms with van der Waals surface area (Å²) >= 11 is 0. The van der Waals surface area contributed by atoms with Gasteiger partial charge in [0.05, 0.1) is 18.2 Å². The molecule has 6 heteroatoms. The lowest BCUT2D eigenvalue weighted by molar-refractivity contribution is 0.0335. The predicted molar refractivity (Wildman–Crippen MR) is 133 cm³/mol. The zero-order valence-electron chi connectivity index (χ0n) is 19.3. The van der Waals surface area contributed by atoms with Crippen molar-refractivity contribution in [3.8, 4) is 5.75 Å². The average molecular weight is 457 g/mol. The summed E-state index contributed by atoms with van der Waals surface area (Å²) in [5, 5.41) is 15.5. The number of aromatic nitrogens is 1. The summed E-state index contributed by atoms with van der Waals surface area (Å²) in [5.41, 5.74) is 4.39. The van der Waals surface area contributed by atoms with E-state index in [-0.39, 0.29) is 24.4 Å². The standard InChI is InChI=1S/C28H28N2O4/c1-3-33-17-18-34-28(32)22-11-14-23(15-12-22)30-25(20-7-5-4-6-8-20)24-16-13-21-10-9-19(2)29-26(21)27(24)31/h4-16,25,30-31H,3,17-18H2,1-2H3. The quantitative estimate of drug-likeness (QED) is 0.250. The molecule has 4 rings (SSSR count). The van der Waals surface area contributed by atoms with Crippen molar-refractivity contribution < 1.29 is 19.4 Å². The summed E-state index contributed by atoms with van der Waals surface area (Å²) in [7, 11) is 0. The number of nitrogens with one attached hydrogen (secondary N) is 1. The Morgan fingerprint density at radius 2 is 1.71 bits per heavy atom. The number of ether oxygens (including phenoxy) is 2. The maximum atomic E-state index is 12.2. The topological polar surface area (TPSA) is 80.7 Å². The first-order valence-corrected chi connectivity index (χ1v) is 11.3. The van der Waals surface area contributed by atoms with Gasteiger partial charge in [0.1, 0.15) is 17.9 Å². The Hall–Kier alpha value is -3.90. The molecule has 0 radical (unpaired) electrons. The SMILES string of the molecule is CCOCCOC(=O)c1ccc(NC(c2ccccc2)c2ccc3ccc(C)nc3c2O)cc1. The van der Waals surface area contributed by atoms with E-state index < -0.39 is 0 Å². The van der Waals surface area contributed by atoms with Gasteiger partial charge in [-0.15, -0.1) is 0 Å². The summed E-state index contributed by atoms with van der Waals surface area (Å²) in [6, 6.07) is 24.5. The van der Waals surface area contributed by atoms with Crippen LogP contribution in [-0.4, -0.2) is 35.9 Å². The fourth-order valence-corrected chi connectivity index (χ4v) is 3.80.